The van der Waals surface area contributed by atoms with Crippen LogP contribution in [0.3, 0.4) is 0 Å². The van der Waals surface area contributed by atoms with Crippen LogP contribution in [0.2, 0.25) is 0 Å². The first-order valence-corrected chi connectivity index (χ1v) is 9.68. The van der Waals surface area contributed by atoms with Crippen LogP contribution in [0.25, 0.3) is 0 Å². The van der Waals surface area contributed by atoms with Gasteiger partial charge in [0.25, 0.3) is 0 Å². The minimum absolute atomic E-state index is 0.213. The lowest BCUT2D eigenvalue weighted by Gasteiger charge is -2.18. The van der Waals surface area contributed by atoms with Gasteiger partial charge in [0.2, 0.25) is 5.13 Å². The van der Waals surface area contributed by atoms with Crippen molar-refractivity contribution in [2.24, 2.45) is 5.92 Å². The van der Waals surface area contributed by atoms with E-state index in [0.717, 1.165) is 35.3 Å². The maximum absolute atomic E-state index is 13.0. The Hall–Kier alpha value is -2.47. The monoisotopic (exact) mass is 368 g/mol. The Morgan fingerprint density at radius 1 is 1.08 bits per heavy atom. The molecule has 1 aliphatic rings. The van der Waals surface area contributed by atoms with Gasteiger partial charge < -0.3 is 10.2 Å². The van der Waals surface area contributed by atoms with Crippen molar-refractivity contribution in [2.75, 3.05) is 29.9 Å². The summed E-state index contributed by atoms with van der Waals surface area (Å²) in [5.41, 5.74) is 2.34. The molecule has 1 aliphatic heterocycles. The quantitative estimate of drug-likeness (QED) is 0.708. The molecule has 0 radical (unpaired) electrons. The number of anilines is 2. The fourth-order valence-corrected chi connectivity index (χ4v) is 4.06. The SMILES string of the molecule is Fc1ccc(Cc2nnc(NCC3CCN(c4ccccc4)C3)s2)cc1. The van der Waals surface area contributed by atoms with Crippen molar-refractivity contribution in [2.45, 2.75) is 12.8 Å². The molecule has 0 saturated carbocycles. The molecule has 2 aromatic carbocycles. The summed E-state index contributed by atoms with van der Waals surface area (Å²) in [4.78, 5) is 2.44. The molecule has 0 amide bonds. The Morgan fingerprint density at radius 3 is 2.69 bits per heavy atom. The van der Waals surface area contributed by atoms with Crippen molar-refractivity contribution in [3.05, 3.63) is 71.0 Å². The molecule has 2 heterocycles. The van der Waals surface area contributed by atoms with E-state index in [-0.39, 0.29) is 5.82 Å². The molecule has 1 aromatic heterocycles. The van der Waals surface area contributed by atoms with E-state index in [1.807, 2.05) is 0 Å². The van der Waals surface area contributed by atoms with Gasteiger partial charge in [-0.05, 0) is 42.2 Å². The van der Waals surface area contributed by atoms with E-state index < -0.39 is 0 Å². The van der Waals surface area contributed by atoms with Gasteiger partial charge in [0.15, 0.2) is 0 Å². The van der Waals surface area contributed by atoms with Crippen molar-refractivity contribution in [3.63, 3.8) is 0 Å². The second kappa shape index (κ2) is 7.83. The molecule has 1 fully saturated rings. The first-order chi connectivity index (χ1) is 12.8. The molecule has 0 aliphatic carbocycles. The number of benzene rings is 2. The summed E-state index contributed by atoms with van der Waals surface area (Å²) in [6, 6.07) is 17.1. The first kappa shape index (κ1) is 17.0. The molecule has 26 heavy (non-hydrogen) atoms. The molecule has 4 nitrogen and oxygen atoms in total. The third-order valence-corrected chi connectivity index (χ3v) is 5.57. The first-order valence-electron chi connectivity index (χ1n) is 8.87. The van der Waals surface area contributed by atoms with E-state index in [2.05, 4.69) is 50.7 Å². The van der Waals surface area contributed by atoms with Gasteiger partial charge in [0.1, 0.15) is 10.8 Å². The molecule has 4 rings (SSSR count). The minimum atomic E-state index is -0.213. The average Bonchev–Trinajstić information content (AvgIpc) is 3.32. The Kier molecular flexibility index (Phi) is 5.11. The Labute approximate surface area is 156 Å². The molecule has 3 aromatic rings. The van der Waals surface area contributed by atoms with Gasteiger partial charge in [-0.15, -0.1) is 10.2 Å². The van der Waals surface area contributed by atoms with Crippen LogP contribution in [0.15, 0.2) is 54.6 Å². The number of para-hydroxylation sites is 1. The fourth-order valence-electron chi connectivity index (χ4n) is 3.28. The van der Waals surface area contributed by atoms with E-state index in [0.29, 0.717) is 12.3 Å². The molecule has 6 heteroatoms. The van der Waals surface area contributed by atoms with Gasteiger partial charge in [-0.1, -0.05) is 41.7 Å². The van der Waals surface area contributed by atoms with E-state index in [9.17, 15) is 4.39 Å². The highest BCUT2D eigenvalue weighted by Crippen LogP contribution is 2.25. The molecule has 1 atom stereocenters. The fraction of sp³-hybridized carbons (Fsp3) is 0.300. The standard InChI is InChI=1S/C20H21FN4S/c21-17-8-6-15(7-9-17)12-19-23-24-20(26-19)22-13-16-10-11-25(14-16)18-4-2-1-3-5-18/h1-9,16H,10-14H2,(H,22,24). The largest absolute Gasteiger partial charge is 0.371 e. The third-order valence-electron chi connectivity index (χ3n) is 4.68. The maximum atomic E-state index is 13.0. The van der Waals surface area contributed by atoms with Crippen LogP contribution in [-0.4, -0.2) is 29.8 Å². The van der Waals surface area contributed by atoms with Crippen LogP contribution in [-0.2, 0) is 6.42 Å². The smallest absolute Gasteiger partial charge is 0.205 e. The number of aromatic nitrogens is 2. The second-order valence-electron chi connectivity index (χ2n) is 6.62. The number of halogens is 1. The van der Waals surface area contributed by atoms with Crippen molar-refractivity contribution in [3.8, 4) is 0 Å². The van der Waals surface area contributed by atoms with Crippen molar-refractivity contribution >= 4 is 22.2 Å². The van der Waals surface area contributed by atoms with Crippen LogP contribution in [0.1, 0.15) is 17.0 Å². The lowest BCUT2D eigenvalue weighted by molar-refractivity contribution is 0.622. The predicted molar refractivity (Wildman–Crippen MR) is 104 cm³/mol. The number of hydrogen-bond donors (Lipinski definition) is 1. The molecule has 1 N–H and O–H groups in total. The highest BCUT2D eigenvalue weighted by Gasteiger charge is 2.22. The zero-order valence-electron chi connectivity index (χ0n) is 14.4. The highest BCUT2D eigenvalue weighted by atomic mass is 32.1. The summed E-state index contributed by atoms with van der Waals surface area (Å²) >= 11 is 1.57. The van der Waals surface area contributed by atoms with E-state index in [1.165, 1.54) is 24.2 Å². The molecule has 1 saturated heterocycles. The van der Waals surface area contributed by atoms with Crippen molar-refractivity contribution in [1.82, 2.24) is 10.2 Å². The Balaban J connectivity index is 1.28. The van der Waals surface area contributed by atoms with Crippen LogP contribution >= 0.6 is 11.3 Å². The van der Waals surface area contributed by atoms with Crippen molar-refractivity contribution in [1.29, 1.82) is 0 Å². The van der Waals surface area contributed by atoms with Crippen LogP contribution in [0.4, 0.5) is 15.2 Å². The zero-order valence-corrected chi connectivity index (χ0v) is 15.3. The van der Waals surface area contributed by atoms with Gasteiger partial charge in [-0.25, -0.2) is 4.39 Å². The zero-order chi connectivity index (χ0) is 17.8. The topological polar surface area (TPSA) is 41.1 Å². The third kappa shape index (κ3) is 4.19. The lowest BCUT2D eigenvalue weighted by atomic mass is 10.1. The summed E-state index contributed by atoms with van der Waals surface area (Å²) in [7, 11) is 0. The predicted octanol–water partition coefficient (Wildman–Crippen LogP) is 4.21. The summed E-state index contributed by atoms with van der Waals surface area (Å²) in [5, 5.41) is 13.7. The van der Waals surface area contributed by atoms with Crippen LogP contribution in [0, 0.1) is 11.7 Å². The number of nitrogens with one attached hydrogen (secondary N) is 1. The Morgan fingerprint density at radius 2 is 1.88 bits per heavy atom. The van der Waals surface area contributed by atoms with Gasteiger partial charge >= 0.3 is 0 Å². The summed E-state index contributed by atoms with van der Waals surface area (Å²) in [5.74, 6) is 0.397. The van der Waals surface area contributed by atoms with Gasteiger partial charge in [-0.3, -0.25) is 0 Å². The normalized spacial score (nSPS) is 16.8. The van der Waals surface area contributed by atoms with Gasteiger partial charge in [0, 0.05) is 31.7 Å². The Bertz CT molecular complexity index is 835. The van der Waals surface area contributed by atoms with Gasteiger partial charge in [-0.2, -0.15) is 0 Å². The summed E-state index contributed by atoms with van der Waals surface area (Å²) in [6.45, 7) is 3.08. The number of hydrogen-bond acceptors (Lipinski definition) is 5. The number of nitrogens with zero attached hydrogens (tertiary/aromatic N) is 3. The van der Waals surface area contributed by atoms with Crippen molar-refractivity contribution < 1.29 is 4.39 Å². The lowest BCUT2D eigenvalue weighted by Crippen LogP contribution is -2.22. The molecule has 0 bridgehead atoms. The molecule has 0 spiro atoms. The molecular weight excluding hydrogens is 347 g/mol. The summed E-state index contributed by atoms with van der Waals surface area (Å²) in [6.07, 6.45) is 1.87. The van der Waals surface area contributed by atoms with Crippen LogP contribution < -0.4 is 10.2 Å². The maximum Gasteiger partial charge on any atom is 0.205 e. The molecule has 134 valence electrons. The number of rotatable bonds is 6. The van der Waals surface area contributed by atoms with Gasteiger partial charge in [0.05, 0.1) is 0 Å². The van der Waals surface area contributed by atoms with E-state index in [1.54, 1.807) is 23.5 Å². The van der Waals surface area contributed by atoms with Crippen LogP contribution in [0.5, 0.6) is 0 Å². The van der Waals surface area contributed by atoms with E-state index in [4.69, 9.17) is 0 Å². The minimum Gasteiger partial charge on any atom is -0.371 e. The highest BCUT2D eigenvalue weighted by molar-refractivity contribution is 7.15. The van der Waals surface area contributed by atoms with E-state index >= 15 is 0 Å². The molecular formula is C20H21FN4S. The second-order valence-corrected chi connectivity index (χ2v) is 7.68. The summed E-state index contributed by atoms with van der Waals surface area (Å²) < 4.78 is 13.0. The molecule has 1 unspecified atom stereocenters. The average molecular weight is 368 g/mol.